The summed E-state index contributed by atoms with van der Waals surface area (Å²) in [6, 6.07) is 0.340. The third kappa shape index (κ3) is 3.00. The molecule has 2 fully saturated rings. The number of hydrogen-bond donors (Lipinski definition) is 1. The Morgan fingerprint density at radius 1 is 1.45 bits per heavy atom. The number of aromatic nitrogens is 2. The first-order valence-corrected chi connectivity index (χ1v) is 7.84. The van der Waals surface area contributed by atoms with Crippen LogP contribution in [0.15, 0.2) is 11.0 Å². The van der Waals surface area contributed by atoms with Gasteiger partial charge in [0.05, 0.1) is 11.2 Å². The van der Waals surface area contributed by atoms with Crippen molar-refractivity contribution in [1.82, 2.24) is 9.78 Å². The van der Waals surface area contributed by atoms with E-state index in [0.29, 0.717) is 28.1 Å². The van der Waals surface area contributed by atoms with Gasteiger partial charge in [-0.15, -0.1) is 0 Å². The Balaban J connectivity index is 1.79. The summed E-state index contributed by atoms with van der Waals surface area (Å²) in [5, 5.41) is 7.95. The summed E-state index contributed by atoms with van der Waals surface area (Å²) in [7, 11) is 0. The minimum Gasteiger partial charge on any atom is -0.377 e. The fourth-order valence-electron chi connectivity index (χ4n) is 3.04. The molecule has 1 aromatic rings. The Kier molecular flexibility index (Phi) is 3.53. The molecule has 110 valence electrons. The van der Waals surface area contributed by atoms with Crippen LogP contribution in [0.2, 0.25) is 5.02 Å². The van der Waals surface area contributed by atoms with Crippen LogP contribution >= 0.6 is 11.6 Å². The van der Waals surface area contributed by atoms with Crippen molar-refractivity contribution in [2.45, 2.75) is 58.5 Å². The molecule has 1 heterocycles. The van der Waals surface area contributed by atoms with Crippen molar-refractivity contribution in [3.63, 3.8) is 0 Å². The highest BCUT2D eigenvalue weighted by atomic mass is 35.5. The predicted molar refractivity (Wildman–Crippen MR) is 81.3 cm³/mol. The molecular weight excluding hydrogens is 274 g/mol. The van der Waals surface area contributed by atoms with Gasteiger partial charge in [0.25, 0.3) is 5.56 Å². The molecule has 0 aromatic carbocycles. The topological polar surface area (TPSA) is 46.9 Å². The number of rotatable bonds is 4. The van der Waals surface area contributed by atoms with E-state index >= 15 is 0 Å². The van der Waals surface area contributed by atoms with Gasteiger partial charge in [0, 0.05) is 12.6 Å². The van der Waals surface area contributed by atoms with Crippen LogP contribution in [0.3, 0.4) is 0 Å². The Labute approximate surface area is 124 Å². The summed E-state index contributed by atoms with van der Waals surface area (Å²) in [6.07, 6.45) is 7.35. The van der Waals surface area contributed by atoms with E-state index in [9.17, 15) is 4.79 Å². The minimum absolute atomic E-state index is 0.0749. The van der Waals surface area contributed by atoms with E-state index in [1.54, 1.807) is 10.9 Å². The molecule has 2 saturated carbocycles. The normalized spacial score (nSPS) is 24.9. The molecule has 1 aromatic heterocycles. The minimum atomic E-state index is -0.0749. The Morgan fingerprint density at radius 2 is 2.20 bits per heavy atom. The maximum atomic E-state index is 12.5. The molecule has 0 bridgehead atoms. The van der Waals surface area contributed by atoms with E-state index in [4.69, 9.17) is 11.6 Å². The third-order valence-electron chi connectivity index (χ3n) is 4.44. The number of nitrogens with zero attached hydrogens (tertiary/aromatic N) is 2. The maximum absolute atomic E-state index is 12.5. The van der Waals surface area contributed by atoms with E-state index in [1.807, 2.05) is 0 Å². The van der Waals surface area contributed by atoms with Gasteiger partial charge in [-0.05, 0) is 43.4 Å². The molecule has 2 aliphatic rings. The van der Waals surface area contributed by atoms with Crippen molar-refractivity contribution in [3.05, 3.63) is 21.6 Å². The van der Waals surface area contributed by atoms with Crippen molar-refractivity contribution in [2.24, 2.45) is 11.3 Å². The van der Waals surface area contributed by atoms with Crippen LogP contribution < -0.4 is 10.9 Å². The third-order valence-corrected chi connectivity index (χ3v) is 4.73. The van der Waals surface area contributed by atoms with Crippen LogP contribution in [0.5, 0.6) is 0 Å². The zero-order valence-corrected chi connectivity index (χ0v) is 12.9. The summed E-state index contributed by atoms with van der Waals surface area (Å²) < 4.78 is 1.56. The van der Waals surface area contributed by atoms with E-state index in [1.165, 1.54) is 19.3 Å². The monoisotopic (exact) mass is 295 g/mol. The molecule has 0 spiro atoms. The van der Waals surface area contributed by atoms with E-state index < -0.39 is 0 Å². The van der Waals surface area contributed by atoms with Gasteiger partial charge < -0.3 is 5.32 Å². The predicted octanol–water partition coefficient (Wildman–Crippen LogP) is 3.30. The van der Waals surface area contributed by atoms with Gasteiger partial charge in [-0.3, -0.25) is 4.79 Å². The lowest BCUT2D eigenvalue weighted by molar-refractivity contribution is 0.378. The average Bonchev–Trinajstić information content (AvgIpc) is 3.12. The van der Waals surface area contributed by atoms with Crippen LogP contribution in [-0.4, -0.2) is 15.8 Å². The van der Waals surface area contributed by atoms with Crippen molar-refractivity contribution in [1.29, 1.82) is 0 Å². The fourth-order valence-corrected chi connectivity index (χ4v) is 3.22. The highest BCUT2D eigenvalue weighted by molar-refractivity contribution is 6.33. The van der Waals surface area contributed by atoms with Crippen molar-refractivity contribution < 1.29 is 0 Å². The standard InChI is InChI=1S/C15H22ClN3O/c1-15(2)6-5-11(7-15)18-13-12(16)8-17-19(14(13)20)9-10-3-4-10/h8,10-11,18H,3-7,9H2,1-2H3. The summed E-state index contributed by atoms with van der Waals surface area (Å²) in [6.45, 7) is 5.27. The Morgan fingerprint density at radius 3 is 2.80 bits per heavy atom. The lowest BCUT2D eigenvalue weighted by atomic mass is 9.92. The van der Waals surface area contributed by atoms with Crippen LogP contribution in [0, 0.1) is 11.3 Å². The van der Waals surface area contributed by atoms with Gasteiger partial charge in [-0.25, -0.2) is 4.68 Å². The molecule has 0 radical (unpaired) electrons. The lowest BCUT2D eigenvalue weighted by Crippen LogP contribution is -2.30. The molecule has 1 unspecified atom stereocenters. The van der Waals surface area contributed by atoms with Crippen molar-refractivity contribution in [3.8, 4) is 0 Å². The van der Waals surface area contributed by atoms with Crippen LogP contribution in [-0.2, 0) is 6.54 Å². The summed E-state index contributed by atoms with van der Waals surface area (Å²) in [4.78, 5) is 12.5. The number of anilines is 1. The van der Waals surface area contributed by atoms with Gasteiger partial charge in [0.2, 0.25) is 0 Å². The second-order valence-electron chi connectivity index (χ2n) is 7.05. The SMILES string of the molecule is CC1(C)CCC(Nc2c(Cl)cnn(CC3CC3)c2=O)C1. The van der Waals surface area contributed by atoms with E-state index in [2.05, 4.69) is 24.3 Å². The quantitative estimate of drug-likeness (QED) is 0.927. The molecule has 0 aliphatic heterocycles. The second kappa shape index (κ2) is 5.06. The maximum Gasteiger partial charge on any atom is 0.291 e. The smallest absolute Gasteiger partial charge is 0.291 e. The highest BCUT2D eigenvalue weighted by Gasteiger charge is 2.32. The first kappa shape index (κ1) is 13.9. The van der Waals surface area contributed by atoms with Gasteiger partial charge in [0.1, 0.15) is 5.69 Å². The molecule has 4 nitrogen and oxygen atoms in total. The highest BCUT2D eigenvalue weighted by Crippen LogP contribution is 2.38. The Hall–Kier alpha value is -1.03. The first-order chi connectivity index (χ1) is 9.44. The molecular formula is C15H22ClN3O. The van der Waals surface area contributed by atoms with Crippen molar-refractivity contribution in [2.75, 3.05) is 5.32 Å². The molecule has 1 atom stereocenters. The molecule has 20 heavy (non-hydrogen) atoms. The van der Waals surface area contributed by atoms with E-state index in [0.717, 1.165) is 19.4 Å². The largest absolute Gasteiger partial charge is 0.377 e. The summed E-state index contributed by atoms with van der Waals surface area (Å²) in [5.74, 6) is 0.625. The fraction of sp³-hybridized carbons (Fsp3) is 0.733. The van der Waals surface area contributed by atoms with Gasteiger partial charge in [-0.2, -0.15) is 5.10 Å². The second-order valence-corrected chi connectivity index (χ2v) is 7.45. The first-order valence-electron chi connectivity index (χ1n) is 7.47. The summed E-state index contributed by atoms with van der Waals surface area (Å²) in [5.41, 5.74) is 0.809. The van der Waals surface area contributed by atoms with Gasteiger partial charge >= 0.3 is 0 Å². The van der Waals surface area contributed by atoms with Crippen LogP contribution in [0.4, 0.5) is 5.69 Å². The molecule has 2 aliphatic carbocycles. The summed E-state index contributed by atoms with van der Waals surface area (Å²) >= 11 is 6.16. The van der Waals surface area contributed by atoms with E-state index in [-0.39, 0.29) is 5.56 Å². The number of halogens is 1. The molecule has 5 heteroatoms. The number of hydrogen-bond acceptors (Lipinski definition) is 3. The van der Waals surface area contributed by atoms with Crippen LogP contribution in [0.25, 0.3) is 0 Å². The lowest BCUT2D eigenvalue weighted by Gasteiger charge is -2.19. The molecule has 0 saturated heterocycles. The zero-order chi connectivity index (χ0) is 14.3. The average molecular weight is 296 g/mol. The van der Waals surface area contributed by atoms with Gasteiger partial charge in [-0.1, -0.05) is 25.4 Å². The Bertz CT molecular complexity index is 563. The number of nitrogens with one attached hydrogen (secondary N) is 1. The van der Waals surface area contributed by atoms with Crippen molar-refractivity contribution >= 4 is 17.3 Å². The molecule has 1 N–H and O–H groups in total. The zero-order valence-electron chi connectivity index (χ0n) is 12.2. The van der Waals surface area contributed by atoms with Gasteiger partial charge in [0.15, 0.2) is 0 Å². The van der Waals surface area contributed by atoms with Crippen LogP contribution in [0.1, 0.15) is 46.0 Å². The molecule has 3 rings (SSSR count). The molecule has 0 amide bonds.